The Kier molecular flexibility index (Phi) is 4.40. The fourth-order valence-corrected chi connectivity index (χ4v) is 2.00. The number of hydrogen-bond acceptors (Lipinski definition) is 4. The summed E-state index contributed by atoms with van der Waals surface area (Å²) in [6.07, 6.45) is 0.713. The summed E-state index contributed by atoms with van der Waals surface area (Å²) >= 11 is 0. The van der Waals surface area contributed by atoms with Gasteiger partial charge in [0.1, 0.15) is 18.1 Å². The predicted octanol–water partition coefficient (Wildman–Crippen LogP) is 2.78. The molecule has 0 saturated carbocycles. The Labute approximate surface area is 124 Å². The van der Waals surface area contributed by atoms with E-state index >= 15 is 0 Å². The quantitative estimate of drug-likeness (QED) is 0.793. The third-order valence-corrected chi connectivity index (χ3v) is 3.42. The van der Waals surface area contributed by atoms with Crippen LogP contribution in [0, 0.1) is 6.92 Å². The van der Waals surface area contributed by atoms with Crippen LogP contribution in [-0.2, 0) is 12.0 Å². The minimum Gasteiger partial charge on any atom is -0.492 e. The van der Waals surface area contributed by atoms with Crippen LogP contribution in [0.2, 0.25) is 0 Å². The standard InChI is InChI=1S/C16H21N3O2/c1-12-15(11-20)17-18-19(12)9-10-21-14-7-5-13(6-8-14)16(2,3)4/h5-8,11H,9-10H2,1-4H3. The first-order valence-electron chi connectivity index (χ1n) is 7.00. The SMILES string of the molecule is Cc1c(C=O)nnn1CCOc1ccc(C(C)(C)C)cc1. The lowest BCUT2D eigenvalue weighted by Crippen LogP contribution is -2.12. The van der Waals surface area contributed by atoms with Crippen LogP contribution in [0.15, 0.2) is 24.3 Å². The van der Waals surface area contributed by atoms with E-state index in [-0.39, 0.29) is 5.41 Å². The van der Waals surface area contributed by atoms with Gasteiger partial charge >= 0.3 is 0 Å². The molecule has 112 valence electrons. The topological polar surface area (TPSA) is 57.0 Å². The molecule has 0 aliphatic carbocycles. The van der Waals surface area contributed by atoms with Crippen molar-refractivity contribution in [3.05, 3.63) is 41.2 Å². The maximum atomic E-state index is 10.7. The molecule has 1 aromatic carbocycles. The summed E-state index contributed by atoms with van der Waals surface area (Å²) in [5.41, 5.74) is 2.56. The molecular formula is C16H21N3O2. The van der Waals surface area contributed by atoms with E-state index in [0.29, 0.717) is 25.1 Å². The number of rotatable bonds is 5. The van der Waals surface area contributed by atoms with E-state index in [1.165, 1.54) is 5.56 Å². The van der Waals surface area contributed by atoms with Crippen molar-refractivity contribution < 1.29 is 9.53 Å². The van der Waals surface area contributed by atoms with Crippen LogP contribution in [0.4, 0.5) is 0 Å². The Hall–Kier alpha value is -2.17. The van der Waals surface area contributed by atoms with Crippen molar-refractivity contribution in [3.63, 3.8) is 0 Å². The summed E-state index contributed by atoms with van der Waals surface area (Å²) in [6.45, 7) is 9.41. The smallest absolute Gasteiger partial charge is 0.172 e. The van der Waals surface area contributed by atoms with Crippen LogP contribution in [0.25, 0.3) is 0 Å². The highest BCUT2D eigenvalue weighted by molar-refractivity contribution is 5.72. The predicted molar refractivity (Wildman–Crippen MR) is 80.8 cm³/mol. The summed E-state index contributed by atoms with van der Waals surface area (Å²) in [4.78, 5) is 10.7. The summed E-state index contributed by atoms with van der Waals surface area (Å²) in [6, 6.07) is 8.12. The van der Waals surface area contributed by atoms with Gasteiger partial charge < -0.3 is 4.74 Å². The molecule has 2 aromatic rings. The van der Waals surface area contributed by atoms with Gasteiger partial charge in [-0.05, 0) is 30.0 Å². The van der Waals surface area contributed by atoms with Crippen LogP contribution in [0.1, 0.15) is 42.5 Å². The molecule has 1 heterocycles. The lowest BCUT2D eigenvalue weighted by atomic mass is 9.87. The van der Waals surface area contributed by atoms with Gasteiger partial charge in [-0.25, -0.2) is 4.68 Å². The third-order valence-electron chi connectivity index (χ3n) is 3.42. The van der Waals surface area contributed by atoms with E-state index < -0.39 is 0 Å². The largest absolute Gasteiger partial charge is 0.492 e. The number of hydrogen-bond donors (Lipinski definition) is 0. The fourth-order valence-electron chi connectivity index (χ4n) is 2.00. The number of ether oxygens (including phenoxy) is 1. The average molecular weight is 287 g/mol. The average Bonchev–Trinajstić information content (AvgIpc) is 2.79. The van der Waals surface area contributed by atoms with E-state index in [9.17, 15) is 4.79 Å². The molecule has 0 fully saturated rings. The molecule has 0 unspecified atom stereocenters. The second kappa shape index (κ2) is 6.08. The Morgan fingerprint density at radius 2 is 1.90 bits per heavy atom. The summed E-state index contributed by atoms with van der Waals surface area (Å²) in [7, 11) is 0. The van der Waals surface area contributed by atoms with Gasteiger partial charge in [0, 0.05) is 0 Å². The van der Waals surface area contributed by atoms with Crippen molar-refractivity contribution in [1.29, 1.82) is 0 Å². The van der Waals surface area contributed by atoms with E-state index in [4.69, 9.17) is 4.74 Å². The number of benzene rings is 1. The van der Waals surface area contributed by atoms with Crippen LogP contribution >= 0.6 is 0 Å². The van der Waals surface area contributed by atoms with Gasteiger partial charge in [0.25, 0.3) is 0 Å². The zero-order chi connectivity index (χ0) is 15.5. The lowest BCUT2D eigenvalue weighted by molar-refractivity contribution is 0.111. The van der Waals surface area contributed by atoms with Gasteiger partial charge in [-0.1, -0.05) is 38.1 Å². The first kappa shape index (κ1) is 15.2. The van der Waals surface area contributed by atoms with E-state index in [0.717, 1.165) is 11.4 Å². The molecule has 5 nitrogen and oxygen atoms in total. The van der Waals surface area contributed by atoms with E-state index in [1.54, 1.807) is 4.68 Å². The Morgan fingerprint density at radius 3 is 2.43 bits per heavy atom. The number of aldehydes is 1. The lowest BCUT2D eigenvalue weighted by Gasteiger charge is -2.19. The number of carbonyl (C=O) groups excluding carboxylic acids is 1. The van der Waals surface area contributed by atoms with Crippen molar-refractivity contribution >= 4 is 6.29 Å². The summed E-state index contributed by atoms with van der Waals surface area (Å²) in [5.74, 6) is 0.830. The summed E-state index contributed by atoms with van der Waals surface area (Å²) < 4.78 is 7.37. The van der Waals surface area contributed by atoms with Crippen molar-refractivity contribution in [2.24, 2.45) is 0 Å². The maximum Gasteiger partial charge on any atom is 0.172 e. The Bertz CT molecular complexity index is 609. The minimum absolute atomic E-state index is 0.140. The zero-order valence-corrected chi connectivity index (χ0v) is 13.0. The monoisotopic (exact) mass is 287 g/mol. The van der Waals surface area contributed by atoms with Gasteiger partial charge in [0.2, 0.25) is 0 Å². The van der Waals surface area contributed by atoms with E-state index in [2.05, 4.69) is 43.2 Å². The van der Waals surface area contributed by atoms with E-state index in [1.807, 2.05) is 19.1 Å². The van der Waals surface area contributed by atoms with Gasteiger partial charge in [0.15, 0.2) is 6.29 Å². The molecule has 0 aliphatic heterocycles. The van der Waals surface area contributed by atoms with Crippen molar-refractivity contribution in [3.8, 4) is 5.75 Å². The molecule has 5 heteroatoms. The normalized spacial score (nSPS) is 11.4. The highest BCUT2D eigenvalue weighted by Crippen LogP contribution is 2.24. The van der Waals surface area contributed by atoms with Gasteiger partial charge in [-0.2, -0.15) is 0 Å². The maximum absolute atomic E-state index is 10.7. The van der Waals surface area contributed by atoms with Crippen LogP contribution < -0.4 is 4.74 Å². The fraction of sp³-hybridized carbons (Fsp3) is 0.438. The van der Waals surface area contributed by atoms with Gasteiger partial charge in [-0.15, -0.1) is 5.10 Å². The molecule has 0 atom stereocenters. The van der Waals surface area contributed by atoms with Gasteiger partial charge in [-0.3, -0.25) is 4.79 Å². The van der Waals surface area contributed by atoms with Crippen LogP contribution in [0.3, 0.4) is 0 Å². The minimum atomic E-state index is 0.140. The number of aromatic nitrogens is 3. The molecule has 0 radical (unpaired) electrons. The summed E-state index contributed by atoms with van der Waals surface area (Å²) in [5, 5.41) is 7.71. The highest BCUT2D eigenvalue weighted by atomic mass is 16.5. The molecule has 0 aliphatic rings. The first-order chi connectivity index (χ1) is 9.91. The third kappa shape index (κ3) is 3.68. The first-order valence-corrected chi connectivity index (χ1v) is 7.00. The zero-order valence-electron chi connectivity index (χ0n) is 13.0. The Morgan fingerprint density at radius 1 is 1.24 bits per heavy atom. The number of carbonyl (C=O) groups is 1. The molecule has 21 heavy (non-hydrogen) atoms. The van der Waals surface area contributed by atoms with Crippen LogP contribution in [0.5, 0.6) is 5.75 Å². The molecule has 2 rings (SSSR count). The molecule has 0 amide bonds. The highest BCUT2D eigenvalue weighted by Gasteiger charge is 2.13. The second-order valence-corrected chi connectivity index (χ2v) is 6.02. The van der Waals surface area contributed by atoms with Crippen molar-refractivity contribution in [2.75, 3.05) is 6.61 Å². The van der Waals surface area contributed by atoms with Gasteiger partial charge in [0.05, 0.1) is 12.2 Å². The molecule has 1 aromatic heterocycles. The molecule has 0 saturated heterocycles. The molecular weight excluding hydrogens is 266 g/mol. The number of nitrogens with zero attached hydrogens (tertiary/aromatic N) is 3. The van der Waals surface area contributed by atoms with Crippen molar-refractivity contribution in [1.82, 2.24) is 15.0 Å². The van der Waals surface area contributed by atoms with Crippen molar-refractivity contribution in [2.45, 2.75) is 39.7 Å². The second-order valence-electron chi connectivity index (χ2n) is 6.02. The van der Waals surface area contributed by atoms with Crippen LogP contribution in [-0.4, -0.2) is 27.9 Å². The Balaban J connectivity index is 1.91. The molecule has 0 spiro atoms. The molecule has 0 bridgehead atoms. The molecule has 0 N–H and O–H groups in total.